The van der Waals surface area contributed by atoms with Crippen LogP contribution in [-0.2, 0) is 9.59 Å². The topological polar surface area (TPSA) is 76.7 Å². The van der Waals surface area contributed by atoms with Gasteiger partial charge in [-0.25, -0.2) is 4.39 Å². The zero-order chi connectivity index (χ0) is 20.6. The number of amides is 2. The molecule has 0 radical (unpaired) electrons. The molecule has 0 saturated carbocycles. The monoisotopic (exact) mass is 394 g/mol. The molecule has 2 amide bonds. The lowest BCUT2D eigenvalue weighted by Gasteiger charge is -2.08. The van der Waals surface area contributed by atoms with E-state index in [-0.39, 0.29) is 12.4 Å². The van der Waals surface area contributed by atoms with Crippen molar-refractivity contribution in [2.75, 3.05) is 13.7 Å². The Bertz CT molecular complexity index is 1070. The zero-order valence-corrected chi connectivity index (χ0v) is 15.6. The average Bonchev–Trinajstić information content (AvgIpc) is 2.74. The maximum atomic E-state index is 13.6. The van der Waals surface area contributed by atoms with E-state index >= 15 is 0 Å². The van der Waals surface area contributed by atoms with Gasteiger partial charge in [0.15, 0.2) is 18.2 Å². The lowest BCUT2D eigenvalue weighted by Crippen LogP contribution is -2.43. The molecule has 0 bridgehead atoms. The molecule has 3 rings (SSSR count). The Balaban J connectivity index is 1.45. The number of ether oxygens (including phenoxy) is 2. The molecule has 0 unspecified atom stereocenters. The van der Waals surface area contributed by atoms with Gasteiger partial charge in [0, 0.05) is 6.08 Å². The van der Waals surface area contributed by atoms with E-state index < -0.39 is 17.6 Å². The minimum Gasteiger partial charge on any atom is -0.494 e. The lowest BCUT2D eigenvalue weighted by molar-refractivity contribution is -0.128. The summed E-state index contributed by atoms with van der Waals surface area (Å²) in [4.78, 5) is 23.6. The Morgan fingerprint density at radius 1 is 1.00 bits per heavy atom. The summed E-state index contributed by atoms with van der Waals surface area (Å²) in [5.74, 6) is -0.957. The number of methoxy groups -OCH3 is 1. The standard InChI is InChI=1S/C22H19FN2O4/c1-28-20-10-6-15(12-19(20)23)7-11-21(26)24-25-22(27)14-29-18-9-8-16-4-2-3-5-17(16)13-18/h2-13H,14H2,1H3,(H,24,26)(H,25,27)/b11-7+. The molecule has 29 heavy (non-hydrogen) atoms. The molecule has 148 valence electrons. The van der Waals surface area contributed by atoms with Crippen LogP contribution in [0.5, 0.6) is 11.5 Å². The fraction of sp³-hybridized carbons (Fsp3) is 0.0909. The van der Waals surface area contributed by atoms with Crippen LogP contribution in [0, 0.1) is 5.82 Å². The normalized spacial score (nSPS) is 10.7. The van der Waals surface area contributed by atoms with Gasteiger partial charge in [0.1, 0.15) is 5.75 Å². The first-order valence-electron chi connectivity index (χ1n) is 8.77. The van der Waals surface area contributed by atoms with Crippen molar-refractivity contribution < 1.29 is 23.5 Å². The molecule has 0 spiro atoms. The SMILES string of the molecule is COc1ccc(/C=C/C(=O)NNC(=O)COc2ccc3ccccc3c2)cc1F. The molecule has 0 aliphatic carbocycles. The fourth-order valence-corrected chi connectivity index (χ4v) is 2.57. The predicted octanol–water partition coefficient (Wildman–Crippen LogP) is 3.23. The number of hydrogen-bond donors (Lipinski definition) is 2. The molecule has 0 aromatic heterocycles. The smallest absolute Gasteiger partial charge is 0.276 e. The van der Waals surface area contributed by atoms with E-state index in [9.17, 15) is 14.0 Å². The number of carbonyl (C=O) groups is 2. The number of nitrogens with one attached hydrogen (secondary N) is 2. The Morgan fingerprint density at radius 3 is 2.55 bits per heavy atom. The fourth-order valence-electron chi connectivity index (χ4n) is 2.57. The summed E-state index contributed by atoms with van der Waals surface area (Å²) in [6.07, 6.45) is 2.58. The van der Waals surface area contributed by atoms with Gasteiger partial charge in [0.25, 0.3) is 11.8 Å². The van der Waals surface area contributed by atoms with Gasteiger partial charge in [0.2, 0.25) is 0 Å². The number of hydrogen-bond acceptors (Lipinski definition) is 4. The third-order valence-electron chi connectivity index (χ3n) is 4.02. The first kappa shape index (κ1) is 19.9. The zero-order valence-electron chi connectivity index (χ0n) is 15.6. The summed E-state index contributed by atoms with van der Waals surface area (Å²) < 4.78 is 23.9. The first-order valence-corrected chi connectivity index (χ1v) is 8.77. The molecule has 6 nitrogen and oxygen atoms in total. The highest BCUT2D eigenvalue weighted by Crippen LogP contribution is 2.20. The largest absolute Gasteiger partial charge is 0.494 e. The Labute approximate surface area is 166 Å². The van der Waals surface area contributed by atoms with Gasteiger partial charge in [-0.15, -0.1) is 0 Å². The van der Waals surface area contributed by atoms with Gasteiger partial charge in [-0.05, 0) is 46.7 Å². The van der Waals surface area contributed by atoms with E-state index in [0.717, 1.165) is 10.8 Å². The summed E-state index contributed by atoms with van der Waals surface area (Å²) >= 11 is 0. The van der Waals surface area contributed by atoms with Crippen LogP contribution >= 0.6 is 0 Å². The van der Waals surface area contributed by atoms with Gasteiger partial charge in [-0.3, -0.25) is 20.4 Å². The number of halogens is 1. The van der Waals surface area contributed by atoms with Crippen molar-refractivity contribution in [2.24, 2.45) is 0 Å². The van der Waals surface area contributed by atoms with E-state index in [1.165, 1.54) is 31.4 Å². The second-order valence-corrected chi connectivity index (χ2v) is 6.06. The molecule has 0 aliphatic heterocycles. The molecule has 7 heteroatoms. The molecule has 0 aliphatic rings. The molecule has 0 atom stereocenters. The molecule has 0 heterocycles. The van der Waals surface area contributed by atoms with Gasteiger partial charge in [-0.2, -0.15) is 0 Å². The number of rotatable bonds is 6. The highest BCUT2D eigenvalue weighted by molar-refractivity contribution is 5.93. The summed E-state index contributed by atoms with van der Waals surface area (Å²) in [6.45, 7) is -0.258. The van der Waals surface area contributed by atoms with Crippen LogP contribution in [-0.4, -0.2) is 25.5 Å². The van der Waals surface area contributed by atoms with Crippen molar-refractivity contribution in [3.8, 4) is 11.5 Å². The predicted molar refractivity (Wildman–Crippen MR) is 108 cm³/mol. The lowest BCUT2D eigenvalue weighted by atomic mass is 10.1. The van der Waals surface area contributed by atoms with E-state index in [1.807, 2.05) is 36.4 Å². The van der Waals surface area contributed by atoms with Crippen LogP contribution in [0.2, 0.25) is 0 Å². The van der Waals surface area contributed by atoms with E-state index in [4.69, 9.17) is 9.47 Å². The Kier molecular flexibility index (Phi) is 6.42. The van der Waals surface area contributed by atoms with Crippen molar-refractivity contribution in [2.45, 2.75) is 0 Å². The number of hydrazine groups is 1. The first-order chi connectivity index (χ1) is 14.0. The quantitative estimate of drug-likeness (QED) is 0.497. The summed E-state index contributed by atoms with van der Waals surface area (Å²) in [5.41, 5.74) is 4.96. The second kappa shape index (κ2) is 9.36. The van der Waals surface area contributed by atoms with Crippen molar-refractivity contribution in [1.82, 2.24) is 10.9 Å². The van der Waals surface area contributed by atoms with Crippen LogP contribution < -0.4 is 20.3 Å². The average molecular weight is 394 g/mol. The van der Waals surface area contributed by atoms with E-state index in [1.54, 1.807) is 12.1 Å². The third-order valence-corrected chi connectivity index (χ3v) is 4.02. The maximum absolute atomic E-state index is 13.6. The van der Waals surface area contributed by atoms with Crippen molar-refractivity contribution >= 4 is 28.7 Å². The summed E-state index contributed by atoms with van der Waals surface area (Å²) in [5, 5.41) is 2.07. The number of benzene rings is 3. The number of fused-ring (bicyclic) bond motifs is 1. The van der Waals surface area contributed by atoms with Crippen LogP contribution in [0.3, 0.4) is 0 Å². The Morgan fingerprint density at radius 2 is 1.79 bits per heavy atom. The summed E-state index contributed by atoms with van der Waals surface area (Å²) in [7, 11) is 1.37. The van der Waals surface area contributed by atoms with Crippen LogP contribution in [0.25, 0.3) is 16.8 Å². The van der Waals surface area contributed by atoms with Crippen molar-refractivity contribution in [1.29, 1.82) is 0 Å². The molecular weight excluding hydrogens is 375 g/mol. The maximum Gasteiger partial charge on any atom is 0.276 e. The highest BCUT2D eigenvalue weighted by Gasteiger charge is 2.05. The molecule has 3 aromatic rings. The minimum atomic E-state index is -0.569. The van der Waals surface area contributed by atoms with Crippen molar-refractivity contribution in [3.05, 3.63) is 78.1 Å². The Hall–Kier alpha value is -3.87. The van der Waals surface area contributed by atoms with Gasteiger partial charge in [-0.1, -0.05) is 36.4 Å². The van der Waals surface area contributed by atoms with E-state index in [2.05, 4.69) is 10.9 Å². The molecular formula is C22H19FN2O4. The minimum absolute atomic E-state index is 0.116. The molecule has 0 saturated heterocycles. The van der Waals surface area contributed by atoms with Crippen LogP contribution in [0.1, 0.15) is 5.56 Å². The van der Waals surface area contributed by atoms with Gasteiger partial charge < -0.3 is 9.47 Å². The molecule has 3 aromatic carbocycles. The highest BCUT2D eigenvalue weighted by atomic mass is 19.1. The van der Waals surface area contributed by atoms with Crippen molar-refractivity contribution in [3.63, 3.8) is 0 Å². The molecule has 0 fully saturated rings. The van der Waals surface area contributed by atoms with Crippen LogP contribution in [0.4, 0.5) is 4.39 Å². The van der Waals surface area contributed by atoms with Gasteiger partial charge >= 0.3 is 0 Å². The van der Waals surface area contributed by atoms with E-state index in [0.29, 0.717) is 11.3 Å². The third kappa shape index (κ3) is 5.55. The number of carbonyl (C=O) groups excluding carboxylic acids is 2. The van der Waals surface area contributed by atoms with Gasteiger partial charge in [0.05, 0.1) is 7.11 Å². The van der Waals surface area contributed by atoms with Crippen LogP contribution in [0.15, 0.2) is 66.7 Å². The summed E-state index contributed by atoms with van der Waals surface area (Å²) in [6, 6.07) is 17.6. The second-order valence-electron chi connectivity index (χ2n) is 6.06. The molecule has 2 N–H and O–H groups in total.